The molecule has 0 atom stereocenters. The van der Waals surface area contributed by atoms with Crippen LogP contribution in [0.1, 0.15) is 40.5 Å². The van der Waals surface area contributed by atoms with Crippen molar-refractivity contribution in [1.82, 2.24) is 10.6 Å². The highest BCUT2D eigenvalue weighted by atomic mass is 127. The monoisotopic (exact) mass is 481 g/mol. The van der Waals surface area contributed by atoms with E-state index in [0.29, 0.717) is 23.4 Å². The van der Waals surface area contributed by atoms with Crippen molar-refractivity contribution in [2.45, 2.75) is 19.8 Å². The number of amides is 2. The van der Waals surface area contributed by atoms with E-state index < -0.39 is 0 Å². The third-order valence-corrected chi connectivity index (χ3v) is 4.42. The Hall–Kier alpha value is -2.00. The first-order chi connectivity index (χ1) is 12.5. The van der Waals surface area contributed by atoms with E-state index in [4.69, 9.17) is 12.2 Å². The van der Waals surface area contributed by atoms with Crippen molar-refractivity contribution in [3.05, 3.63) is 63.2 Å². The molecule has 2 amide bonds. The fourth-order valence-electron chi connectivity index (χ4n) is 2.22. The fourth-order valence-corrected chi connectivity index (χ4v) is 2.97. The quantitative estimate of drug-likeness (QED) is 0.332. The van der Waals surface area contributed by atoms with Gasteiger partial charge in [-0.25, -0.2) is 0 Å². The molecule has 5 nitrogen and oxygen atoms in total. The molecule has 0 radical (unpaired) electrons. The average molecular weight is 481 g/mol. The van der Waals surface area contributed by atoms with E-state index in [-0.39, 0.29) is 16.9 Å². The highest BCUT2D eigenvalue weighted by molar-refractivity contribution is 14.1. The van der Waals surface area contributed by atoms with Crippen molar-refractivity contribution in [1.29, 1.82) is 0 Å². The minimum absolute atomic E-state index is 0.141. The molecule has 0 unspecified atom stereocenters. The molecule has 0 aromatic heterocycles. The fraction of sp³-hybridized carbons (Fsp3) is 0.211. The first-order valence-electron chi connectivity index (χ1n) is 8.26. The number of nitrogens with one attached hydrogen (secondary N) is 3. The van der Waals surface area contributed by atoms with E-state index in [1.807, 2.05) is 12.1 Å². The lowest BCUT2D eigenvalue weighted by Crippen LogP contribution is -2.35. The van der Waals surface area contributed by atoms with E-state index in [1.165, 1.54) is 0 Å². The predicted molar refractivity (Wildman–Crippen MR) is 117 cm³/mol. The maximum Gasteiger partial charge on any atom is 0.257 e. The summed E-state index contributed by atoms with van der Waals surface area (Å²) in [7, 11) is 0. The van der Waals surface area contributed by atoms with Gasteiger partial charge in [-0.1, -0.05) is 31.5 Å². The van der Waals surface area contributed by atoms with Gasteiger partial charge >= 0.3 is 0 Å². The molecule has 2 rings (SSSR count). The normalized spacial score (nSPS) is 10.1. The SMILES string of the molecule is CCCCNC(=O)c1ccccc1NC(=S)NC(=O)c1cccc(I)c1. The summed E-state index contributed by atoms with van der Waals surface area (Å²) in [5.41, 5.74) is 1.55. The number of halogens is 1. The first-order valence-corrected chi connectivity index (χ1v) is 9.75. The minimum atomic E-state index is -0.300. The van der Waals surface area contributed by atoms with Gasteiger partial charge in [-0.3, -0.25) is 14.9 Å². The van der Waals surface area contributed by atoms with Gasteiger partial charge in [0.2, 0.25) is 0 Å². The van der Waals surface area contributed by atoms with Crippen LogP contribution in [0.15, 0.2) is 48.5 Å². The van der Waals surface area contributed by atoms with Crippen molar-refractivity contribution in [3.8, 4) is 0 Å². The van der Waals surface area contributed by atoms with Gasteiger partial charge in [0.25, 0.3) is 11.8 Å². The Morgan fingerprint density at radius 3 is 2.58 bits per heavy atom. The summed E-state index contributed by atoms with van der Waals surface area (Å²) >= 11 is 7.36. The maximum atomic E-state index is 12.3. The number of hydrogen-bond acceptors (Lipinski definition) is 3. The summed E-state index contributed by atoms with van der Waals surface area (Å²) in [5.74, 6) is -0.473. The summed E-state index contributed by atoms with van der Waals surface area (Å²) < 4.78 is 0.961. The van der Waals surface area contributed by atoms with Crippen LogP contribution < -0.4 is 16.0 Å². The second-order valence-electron chi connectivity index (χ2n) is 5.57. The highest BCUT2D eigenvalue weighted by Crippen LogP contribution is 2.15. The molecule has 0 spiro atoms. The highest BCUT2D eigenvalue weighted by Gasteiger charge is 2.13. The Balaban J connectivity index is 2.02. The molecular weight excluding hydrogens is 461 g/mol. The summed E-state index contributed by atoms with van der Waals surface area (Å²) in [4.78, 5) is 24.6. The predicted octanol–water partition coefficient (Wildman–Crippen LogP) is 3.95. The molecule has 0 saturated heterocycles. The van der Waals surface area contributed by atoms with Crippen molar-refractivity contribution in [2.24, 2.45) is 0 Å². The molecular formula is C19H20IN3O2S. The van der Waals surface area contributed by atoms with Crippen LogP contribution in [0.25, 0.3) is 0 Å². The molecule has 0 aliphatic rings. The van der Waals surface area contributed by atoms with Gasteiger partial charge in [-0.05, 0) is 71.6 Å². The number of thiocarbonyl (C=S) groups is 1. The topological polar surface area (TPSA) is 70.2 Å². The first kappa shape index (κ1) is 20.3. The van der Waals surface area contributed by atoms with Crippen molar-refractivity contribution < 1.29 is 9.59 Å². The summed E-state index contributed by atoms with van der Waals surface area (Å²) in [6, 6.07) is 14.3. The van der Waals surface area contributed by atoms with Crippen molar-refractivity contribution in [3.63, 3.8) is 0 Å². The van der Waals surface area contributed by atoms with Crippen LogP contribution in [0.2, 0.25) is 0 Å². The third kappa shape index (κ3) is 6.06. The van der Waals surface area contributed by atoms with Crippen LogP contribution >= 0.6 is 34.8 Å². The number of unbranched alkanes of at least 4 members (excludes halogenated alkanes) is 1. The Bertz CT molecular complexity index is 811. The van der Waals surface area contributed by atoms with Gasteiger partial charge in [-0.15, -0.1) is 0 Å². The molecule has 0 saturated carbocycles. The van der Waals surface area contributed by atoms with Gasteiger partial charge in [-0.2, -0.15) is 0 Å². The molecule has 7 heteroatoms. The molecule has 0 heterocycles. The number of hydrogen-bond donors (Lipinski definition) is 3. The third-order valence-electron chi connectivity index (χ3n) is 3.55. The Labute approximate surface area is 172 Å². The van der Waals surface area contributed by atoms with Gasteiger partial charge in [0.15, 0.2) is 5.11 Å². The Morgan fingerprint density at radius 1 is 1.08 bits per heavy atom. The van der Waals surface area contributed by atoms with Crippen LogP contribution in [0.4, 0.5) is 5.69 Å². The molecule has 2 aromatic rings. The summed E-state index contributed by atoms with van der Waals surface area (Å²) in [5, 5.41) is 8.59. The Kier molecular flexibility index (Phi) is 7.99. The van der Waals surface area contributed by atoms with Crippen LogP contribution in [0, 0.1) is 3.57 Å². The van der Waals surface area contributed by atoms with Crippen molar-refractivity contribution >= 4 is 57.4 Å². The molecule has 2 aromatic carbocycles. The average Bonchev–Trinajstić information content (AvgIpc) is 2.62. The lowest BCUT2D eigenvalue weighted by molar-refractivity contribution is 0.0952. The molecule has 0 aliphatic heterocycles. The summed E-state index contributed by atoms with van der Waals surface area (Å²) in [6.07, 6.45) is 1.93. The number of rotatable bonds is 6. The molecule has 0 bridgehead atoms. The summed E-state index contributed by atoms with van der Waals surface area (Å²) in [6.45, 7) is 2.69. The van der Waals surface area contributed by atoms with E-state index in [9.17, 15) is 9.59 Å². The Morgan fingerprint density at radius 2 is 1.85 bits per heavy atom. The molecule has 3 N–H and O–H groups in total. The van der Waals surface area contributed by atoms with Gasteiger partial charge in [0.1, 0.15) is 0 Å². The van der Waals surface area contributed by atoms with Crippen LogP contribution in [0.5, 0.6) is 0 Å². The zero-order chi connectivity index (χ0) is 18.9. The number of para-hydroxylation sites is 1. The second kappa shape index (κ2) is 10.2. The number of carbonyl (C=O) groups excluding carboxylic acids is 2. The lowest BCUT2D eigenvalue weighted by Gasteiger charge is -2.13. The molecule has 0 fully saturated rings. The van der Waals surface area contributed by atoms with Gasteiger partial charge < -0.3 is 10.6 Å². The van der Waals surface area contributed by atoms with E-state index in [2.05, 4.69) is 45.5 Å². The number of anilines is 1. The maximum absolute atomic E-state index is 12.3. The van der Waals surface area contributed by atoms with E-state index in [0.717, 1.165) is 16.4 Å². The zero-order valence-electron chi connectivity index (χ0n) is 14.3. The second-order valence-corrected chi connectivity index (χ2v) is 7.23. The molecule has 136 valence electrons. The molecule has 0 aliphatic carbocycles. The van der Waals surface area contributed by atoms with Crippen LogP contribution in [-0.4, -0.2) is 23.5 Å². The standard InChI is InChI=1S/C19H20IN3O2S/c1-2-3-11-21-18(25)15-9-4-5-10-16(15)22-19(26)23-17(24)13-7-6-8-14(20)12-13/h4-10,12H,2-3,11H2,1H3,(H,21,25)(H2,22,23,24,26). The number of benzene rings is 2. The zero-order valence-corrected chi connectivity index (χ0v) is 17.3. The van der Waals surface area contributed by atoms with Crippen LogP contribution in [-0.2, 0) is 0 Å². The molecule has 26 heavy (non-hydrogen) atoms. The van der Waals surface area contributed by atoms with Gasteiger partial charge in [0.05, 0.1) is 11.3 Å². The largest absolute Gasteiger partial charge is 0.352 e. The van der Waals surface area contributed by atoms with E-state index >= 15 is 0 Å². The van der Waals surface area contributed by atoms with Crippen molar-refractivity contribution in [2.75, 3.05) is 11.9 Å². The van der Waals surface area contributed by atoms with Crippen LogP contribution in [0.3, 0.4) is 0 Å². The number of carbonyl (C=O) groups is 2. The van der Waals surface area contributed by atoms with Gasteiger partial charge in [0, 0.05) is 15.7 Å². The smallest absolute Gasteiger partial charge is 0.257 e. The minimum Gasteiger partial charge on any atom is -0.352 e. The lowest BCUT2D eigenvalue weighted by atomic mass is 10.1. The van der Waals surface area contributed by atoms with E-state index in [1.54, 1.807) is 36.4 Å².